The summed E-state index contributed by atoms with van der Waals surface area (Å²) in [4.78, 5) is 12.0. The minimum absolute atomic E-state index is 0.0747. The second-order valence-electron chi connectivity index (χ2n) is 6.43. The maximum Gasteiger partial charge on any atom is 0.258 e. The Bertz CT molecular complexity index is 929. The van der Waals surface area contributed by atoms with Gasteiger partial charge in [0.1, 0.15) is 18.1 Å². The van der Waals surface area contributed by atoms with E-state index in [2.05, 4.69) is 27.9 Å². The Morgan fingerprint density at radius 2 is 1.60 bits per heavy atom. The number of morpholine rings is 1. The van der Waals surface area contributed by atoms with Gasteiger partial charge in [-0.15, -0.1) is 0 Å². The molecule has 0 saturated carbocycles. The number of carbonyl (C=O) groups is 1. The first-order chi connectivity index (χ1) is 14.4. The van der Waals surface area contributed by atoms with Crippen molar-refractivity contribution >= 4 is 38.5 Å². The quantitative estimate of drug-likeness (QED) is 0.382. The Labute approximate surface area is 189 Å². The molecule has 0 spiro atoms. The second-order valence-corrected chi connectivity index (χ2v) is 9.61. The molecule has 2 aromatic carbocycles. The highest BCUT2D eigenvalue weighted by Crippen LogP contribution is 2.20. The van der Waals surface area contributed by atoms with Crippen LogP contribution < -0.4 is 14.8 Å². The number of hydrogen-bond donors (Lipinski definition) is 1. The molecule has 1 fully saturated rings. The number of nitrogens with zero attached hydrogens (tertiary/aromatic N) is 1. The van der Waals surface area contributed by atoms with Crippen molar-refractivity contribution in [1.82, 2.24) is 9.62 Å². The fourth-order valence-corrected chi connectivity index (χ4v) is 4.50. The molecule has 1 aliphatic heterocycles. The Balaban J connectivity index is 1.38. The molecule has 162 valence electrons. The molecular weight excluding hydrogens is 523 g/mol. The van der Waals surface area contributed by atoms with E-state index < -0.39 is 10.0 Å². The summed E-state index contributed by atoms with van der Waals surface area (Å²) in [6.45, 7) is 2.01. The molecule has 30 heavy (non-hydrogen) atoms. The topological polar surface area (TPSA) is 94.2 Å². The highest BCUT2D eigenvalue weighted by molar-refractivity contribution is 14.1. The molecule has 0 bridgehead atoms. The van der Waals surface area contributed by atoms with Crippen LogP contribution in [0.2, 0.25) is 0 Å². The third kappa shape index (κ3) is 6.56. The van der Waals surface area contributed by atoms with Crippen molar-refractivity contribution in [1.29, 1.82) is 0 Å². The Morgan fingerprint density at radius 1 is 1.00 bits per heavy atom. The monoisotopic (exact) mass is 546 g/mol. The second kappa shape index (κ2) is 10.9. The zero-order valence-corrected chi connectivity index (χ0v) is 19.2. The number of amides is 1. The first-order valence-corrected chi connectivity index (χ1v) is 11.9. The first-order valence-electron chi connectivity index (χ1n) is 9.41. The molecule has 8 nitrogen and oxygen atoms in total. The lowest BCUT2D eigenvalue weighted by molar-refractivity contribution is -0.123. The van der Waals surface area contributed by atoms with Crippen LogP contribution in [0.5, 0.6) is 11.5 Å². The van der Waals surface area contributed by atoms with E-state index in [0.717, 1.165) is 3.57 Å². The van der Waals surface area contributed by atoms with Crippen molar-refractivity contribution in [3.8, 4) is 11.5 Å². The number of nitrogens with one attached hydrogen (secondary N) is 1. The number of rotatable bonds is 9. The average Bonchev–Trinajstić information content (AvgIpc) is 2.77. The van der Waals surface area contributed by atoms with Crippen molar-refractivity contribution in [3.63, 3.8) is 0 Å². The SMILES string of the molecule is O=C(COc1ccc(I)cc1)NCCOc1ccc(S(=O)(=O)N2CCOCC2)cc1. The lowest BCUT2D eigenvalue weighted by Crippen LogP contribution is -2.40. The van der Waals surface area contributed by atoms with E-state index >= 15 is 0 Å². The number of hydrogen-bond acceptors (Lipinski definition) is 6. The van der Waals surface area contributed by atoms with E-state index in [1.165, 1.54) is 16.4 Å². The van der Waals surface area contributed by atoms with Crippen LogP contribution in [0.15, 0.2) is 53.4 Å². The van der Waals surface area contributed by atoms with Gasteiger partial charge in [-0.25, -0.2) is 8.42 Å². The molecule has 1 heterocycles. The smallest absolute Gasteiger partial charge is 0.258 e. The molecule has 1 N–H and O–H groups in total. The van der Waals surface area contributed by atoms with Gasteiger partial charge >= 0.3 is 0 Å². The van der Waals surface area contributed by atoms with Crippen LogP contribution in [-0.2, 0) is 19.6 Å². The number of sulfonamides is 1. The fraction of sp³-hybridized carbons (Fsp3) is 0.350. The van der Waals surface area contributed by atoms with Crippen LogP contribution in [-0.4, -0.2) is 64.7 Å². The molecular formula is C20H23IN2O6S. The normalized spacial score (nSPS) is 14.8. The first kappa shape index (κ1) is 22.8. The summed E-state index contributed by atoms with van der Waals surface area (Å²) in [6, 6.07) is 13.7. The summed E-state index contributed by atoms with van der Waals surface area (Å²) in [6.07, 6.45) is 0. The van der Waals surface area contributed by atoms with E-state index in [4.69, 9.17) is 14.2 Å². The van der Waals surface area contributed by atoms with Crippen molar-refractivity contribution in [2.75, 3.05) is 46.1 Å². The van der Waals surface area contributed by atoms with Gasteiger partial charge in [-0.05, 0) is 71.1 Å². The van der Waals surface area contributed by atoms with Gasteiger partial charge in [0.15, 0.2) is 6.61 Å². The molecule has 0 aliphatic carbocycles. The number of halogens is 1. The molecule has 0 radical (unpaired) electrons. The van der Waals surface area contributed by atoms with Gasteiger partial charge in [-0.1, -0.05) is 0 Å². The summed E-state index contributed by atoms with van der Waals surface area (Å²) in [7, 11) is -3.52. The predicted octanol–water partition coefficient (Wildman–Crippen LogP) is 1.89. The molecule has 2 aromatic rings. The molecule has 0 atom stereocenters. The number of benzene rings is 2. The predicted molar refractivity (Wildman–Crippen MR) is 119 cm³/mol. The van der Waals surface area contributed by atoms with E-state index in [1.807, 2.05) is 12.1 Å². The van der Waals surface area contributed by atoms with Crippen molar-refractivity contribution < 1.29 is 27.4 Å². The molecule has 0 unspecified atom stereocenters. The van der Waals surface area contributed by atoms with Gasteiger partial charge in [-0.2, -0.15) is 4.31 Å². The molecule has 10 heteroatoms. The lowest BCUT2D eigenvalue weighted by atomic mass is 10.3. The highest BCUT2D eigenvalue weighted by Gasteiger charge is 2.26. The van der Waals surface area contributed by atoms with Crippen molar-refractivity contribution in [2.24, 2.45) is 0 Å². The maximum absolute atomic E-state index is 12.6. The number of ether oxygens (including phenoxy) is 3. The van der Waals surface area contributed by atoms with Crippen molar-refractivity contribution in [3.05, 3.63) is 52.1 Å². The molecule has 3 rings (SSSR count). The van der Waals surface area contributed by atoms with Gasteiger partial charge in [0.25, 0.3) is 5.91 Å². The summed E-state index contributed by atoms with van der Waals surface area (Å²) in [5.74, 6) is 0.915. The maximum atomic E-state index is 12.6. The Kier molecular flexibility index (Phi) is 8.31. The van der Waals surface area contributed by atoms with Crippen molar-refractivity contribution in [2.45, 2.75) is 4.90 Å². The third-order valence-electron chi connectivity index (χ3n) is 4.31. The van der Waals surface area contributed by atoms with Gasteiger partial charge in [0.2, 0.25) is 10.0 Å². The third-order valence-corrected chi connectivity index (χ3v) is 6.94. The Hall–Kier alpha value is -1.89. The summed E-state index contributed by atoms with van der Waals surface area (Å²) in [5, 5.41) is 2.71. The fourth-order valence-electron chi connectivity index (χ4n) is 2.73. The summed E-state index contributed by atoms with van der Waals surface area (Å²) >= 11 is 2.20. The van der Waals surface area contributed by atoms with Gasteiger partial charge in [0.05, 0.1) is 24.7 Å². The van der Waals surface area contributed by atoms with Crippen LogP contribution in [0.4, 0.5) is 0 Å². The molecule has 0 aromatic heterocycles. The minimum atomic E-state index is -3.52. The largest absolute Gasteiger partial charge is 0.492 e. The van der Waals surface area contributed by atoms with E-state index in [0.29, 0.717) is 44.3 Å². The zero-order chi connectivity index (χ0) is 21.4. The molecule has 1 aliphatic rings. The van der Waals surface area contributed by atoms with Crippen LogP contribution in [0.1, 0.15) is 0 Å². The van der Waals surface area contributed by atoms with Gasteiger partial charge in [0, 0.05) is 16.7 Å². The molecule has 1 amide bonds. The van der Waals surface area contributed by atoms with Crippen LogP contribution in [0.3, 0.4) is 0 Å². The number of carbonyl (C=O) groups excluding carboxylic acids is 1. The zero-order valence-electron chi connectivity index (χ0n) is 16.3. The summed E-state index contributed by atoms with van der Waals surface area (Å²) < 4.78 is 43.8. The van der Waals surface area contributed by atoms with E-state index in [9.17, 15) is 13.2 Å². The van der Waals surface area contributed by atoms with Crippen LogP contribution in [0, 0.1) is 3.57 Å². The summed E-state index contributed by atoms with van der Waals surface area (Å²) in [5.41, 5.74) is 0. The van der Waals surface area contributed by atoms with Crippen LogP contribution >= 0.6 is 22.6 Å². The average molecular weight is 546 g/mol. The highest BCUT2D eigenvalue weighted by atomic mass is 127. The van der Waals surface area contributed by atoms with Crippen LogP contribution in [0.25, 0.3) is 0 Å². The lowest BCUT2D eigenvalue weighted by Gasteiger charge is -2.26. The minimum Gasteiger partial charge on any atom is -0.492 e. The van der Waals surface area contributed by atoms with E-state index in [1.54, 1.807) is 24.3 Å². The van der Waals surface area contributed by atoms with Gasteiger partial charge < -0.3 is 19.5 Å². The van der Waals surface area contributed by atoms with E-state index in [-0.39, 0.29) is 24.0 Å². The van der Waals surface area contributed by atoms with Gasteiger partial charge in [-0.3, -0.25) is 4.79 Å². The Morgan fingerprint density at radius 3 is 2.27 bits per heavy atom. The molecule has 1 saturated heterocycles. The standard InChI is InChI=1S/C20H23IN2O6S/c21-16-1-3-18(4-2-16)29-15-20(24)22-9-12-28-17-5-7-19(8-6-17)30(25,26)23-10-13-27-14-11-23/h1-8H,9-15H2,(H,22,24).